The molecule has 0 radical (unpaired) electrons. The molecule has 3 heterocycles. The molecular weight excluding hydrogens is 220 g/mol. The summed E-state index contributed by atoms with van der Waals surface area (Å²) in [5, 5.41) is 14.4. The van der Waals surface area contributed by atoms with E-state index in [0.717, 1.165) is 17.0 Å². The zero-order valence-electron chi connectivity index (χ0n) is 9.14. The van der Waals surface area contributed by atoms with Gasteiger partial charge in [-0.05, 0) is 18.6 Å². The molecule has 0 aliphatic rings. The van der Waals surface area contributed by atoms with Crippen molar-refractivity contribution in [3.63, 3.8) is 0 Å². The maximum atomic E-state index is 5.71. The molecule has 0 saturated heterocycles. The molecule has 17 heavy (non-hydrogen) atoms. The Kier molecular flexibility index (Phi) is 2.04. The number of pyridine rings is 1. The van der Waals surface area contributed by atoms with E-state index < -0.39 is 0 Å². The molecule has 0 bridgehead atoms. The van der Waals surface area contributed by atoms with Crippen LogP contribution < -0.4 is 5.73 Å². The maximum absolute atomic E-state index is 5.71. The van der Waals surface area contributed by atoms with Crippen LogP contribution in [-0.2, 0) is 6.42 Å². The van der Waals surface area contributed by atoms with Gasteiger partial charge in [0.05, 0.1) is 5.69 Å². The lowest BCUT2D eigenvalue weighted by atomic mass is 10.1. The van der Waals surface area contributed by atoms with Crippen LogP contribution in [0.25, 0.3) is 11.2 Å². The number of nitrogens with one attached hydrogen (secondary N) is 1. The lowest BCUT2D eigenvalue weighted by Gasteiger charge is -1.99. The number of rotatable bonds is 2. The lowest BCUT2D eigenvalue weighted by molar-refractivity contribution is 0.392. The molecule has 3 N–H and O–H groups in total. The molecule has 86 valence electrons. The molecule has 3 aromatic heterocycles. The zero-order valence-corrected chi connectivity index (χ0v) is 9.14. The van der Waals surface area contributed by atoms with Gasteiger partial charge in [-0.25, -0.2) is 4.98 Å². The fraction of sp³-hybridized carbons (Fsp3) is 0.200. The number of aromatic nitrogens is 5. The van der Waals surface area contributed by atoms with Crippen LogP contribution in [0.15, 0.2) is 16.7 Å². The Morgan fingerprint density at radius 1 is 1.35 bits per heavy atom. The average molecular weight is 230 g/mol. The number of aryl methyl sites for hydroxylation is 1. The van der Waals surface area contributed by atoms with Crippen LogP contribution in [0.2, 0.25) is 0 Å². The van der Waals surface area contributed by atoms with E-state index in [0.29, 0.717) is 23.4 Å². The van der Waals surface area contributed by atoms with Crippen molar-refractivity contribution in [1.29, 1.82) is 0 Å². The van der Waals surface area contributed by atoms with Crippen LogP contribution in [0.3, 0.4) is 0 Å². The third-order valence-corrected chi connectivity index (χ3v) is 2.44. The second kappa shape index (κ2) is 3.55. The van der Waals surface area contributed by atoms with Gasteiger partial charge in [0.25, 0.3) is 0 Å². The van der Waals surface area contributed by atoms with Crippen molar-refractivity contribution in [1.82, 2.24) is 25.6 Å². The largest absolute Gasteiger partial charge is 0.384 e. The van der Waals surface area contributed by atoms with Crippen molar-refractivity contribution in [2.75, 3.05) is 5.73 Å². The molecule has 0 atom stereocenters. The van der Waals surface area contributed by atoms with Crippen LogP contribution in [0.1, 0.15) is 17.0 Å². The Bertz CT molecular complexity index is 670. The predicted molar refractivity (Wildman–Crippen MR) is 60.1 cm³/mol. The van der Waals surface area contributed by atoms with Crippen molar-refractivity contribution in [2.24, 2.45) is 0 Å². The Morgan fingerprint density at radius 2 is 2.24 bits per heavy atom. The van der Waals surface area contributed by atoms with E-state index in [4.69, 9.17) is 10.3 Å². The summed E-state index contributed by atoms with van der Waals surface area (Å²) >= 11 is 0. The first-order chi connectivity index (χ1) is 8.22. The lowest BCUT2D eigenvalue weighted by Crippen LogP contribution is -1.96. The molecule has 0 aliphatic carbocycles. The molecule has 0 aliphatic heterocycles. The van der Waals surface area contributed by atoms with Gasteiger partial charge in [-0.2, -0.15) is 10.3 Å². The minimum absolute atomic E-state index is 0.418. The van der Waals surface area contributed by atoms with Gasteiger partial charge in [-0.3, -0.25) is 0 Å². The van der Waals surface area contributed by atoms with E-state index in [1.54, 1.807) is 6.07 Å². The third-order valence-electron chi connectivity index (χ3n) is 2.44. The van der Waals surface area contributed by atoms with Gasteiger partial charge in [0.2, 0.25) is 5.65 Å². The fourth-order valence-corrected chi connectivity index (χ4v) is 1.75. The van der Waals surface area contributed by atoms with Crippen LogP contribution in [0.5, 0.6) is 0 Å². The number of H-pyrrole nitrogens is 1. The zero-order chi connectivity index (χ0) is 11.8. The highest BCUT2D eigenvalue weighted by Crippen LogP contribution is 2.18. The SMILES string of the molecule is Cc1cc(Cc2cc(N)nc3n[nH]nc23)no1. The van der Waals surface area contributed by atoms with Crippen molar-refractivity contribution in [3.05, 3.63) is 29.2 Å². The summed E-state index contributed by atoms with van der Waals surface area (Å²) in [5.74, 6) is 1.19. The normalized spacial score (nSPS) is 11.1. The molecule has 7 heteroatoms. The number of fused-ring (bicyclic) bond motifs is 1. The molecular formula is C10H10N6O. The summed E-state index contributed by atoms with van der Waals surface area (Å²) in [7, 11) is 0. The maximum Gasteiger partial charge on any atom is 0.203 e. The summed E-state index contributed by atoms with van der Waals surface area (Å²) in [6.45, 7) is 1.85. The van der Waals surface area contributed by atoms with Crippen molar-refractivity contribution >= 4 is 17.0 Å². The topological polar surface area (TPSA) is 107 Å². The van der Waals surface area contributed by atoms with Gasteiger partial charge in [0.1, 0.15) is 17.1 Å². The monoisotopic (exact) mass is 230 g/mol. The quantitative estimate of drug-likeness (QED) is 0.675. The summed E-state index contributed by atoms with van der Waals surface area (Å²) in [6.07, 6.45) is 0.590. The van der Waals surface area contributed by atoms with Gasteiger partial charge in [-0.15, -0.1) is 5.10 Å². The van der Waals surface area contributed by atoms with Crippen LogP contribution in [-0.4, -0.2) is 25.6 Å². The van der Waals surface area contributed by atoms with E-state index in [2.05, 4.69) is 25.6 Å². The number of nitrogens with two attached hydrogens (primary N) is 1. The molecule has 3 aromatic rings. The number of hydrogen-bond donors (Lipinski definition) is 2. The standard InChI is InChI=1S/C10H10N6O/c1-5-2-7(15-17-5)3-6-4-8(11)12-10-9(6)13-16-14-10/h2,4H,3H2,1H3,(H3,11,12,13,14,16). The molecule has 0 fully saturated rings. The minimum atomic E-state index is 0.418. The molecule has 0 saturated carbocycles. The van der Waals surface area contributed by atoms with E-state index in [1.807, 2.05) is 13.0 Å². The van der Waals surface area contributed by atoms with E-state index in [-0.39, 0.29) is 0 Å². The van der Waals surface area contributed by atoms with E-state index in [9.17, 15) is 0 Å². The molecule has 0 unspecified atom stereocenters. The molecule has 0 aromatic carbocycles. The molecule has 7 nitrogen and oxygen atoms in total. The van der Waals surface area contributed by atoms with Crippen LogP contribution >= 0.6 is 0 Å². The van der Waals surface area contributed by atoms with Gasteiger partial charge in [0, 0.05) is 12.5 Å². The summed E-state index contributed by atoms with van der Waals surface area (Å²) < 4.78 is 5.02. The number of nitrogen functional groups attached to an aromatic ring is 1. The van der Waals surface area contributed by atoms with Gasteiger partial charge in [-0.1, -0.05) is 5.16 Å². The highest BCUT2D eigenvalue weighted by molar-refractivity contribution is 5.75. The second-order valence-corrected chi connectivity index (χ2v) is 3.81. The first-order valence-electron chi connectivity index (χ1n) is 5.10. The van der Waals surface area contributed by atoms with Crippen molar-refractivity contribution < 1.29 is 4.52 Å². The van der Waals surface area contributed by atoms with E-state index >= 15 is 0 Å². The fourth-order valence-electron chi connectivity index (χ4n) is 1.75. The van der Waals surface area contributed by atoms with Crippen molar-refractivity contribution in [2.45, 2.75) is 13.3 Å². The number of hydrogen-bond acceptors (Lipinski definition) is 6. The predicted octanol–water partition coefficient (Wildman–Crippen LogP) is 0.822. The highest BCUT2D eigenvalue weighted by atomic mass is 16.5. The number of nitrogens with zero attached hydrogens (tertiary/aromatic N) is 4. The Labute approximate surface area is 96.0 Å². The Hall–Kier alpha value is -2.44. The minimum Gasteiger partial charge on any atom is -0.384 e. The summed E-state index contributed by atoms with van der Waals surface area (Å²) in [4.78, 5) is 4.07. The first kappa shape index (κ1) is 9.76. The van der Waals surface area contributed by atoms with Gasteiger partial charge >= 0.3 is 0 Å². The third kappa shape index (κ3) is 1.71. The highest BCUT2D eigenvalue weighted by Gasteiger charge is 2.10. The number of aromatic amines is 1. The van der Waals surface area contributed by atoms with Crippen LogP contribution in [0.4, 0.5) is 5.82 Å². The summed E-state index contributed by atoms with van der Waals surface area (Å²) in [6, 6.07) is 3.65. The van der Waals surface area contributed by atoms with Crippen molar-refractivity contribution in [3.8, 4) is 0 Å². The smallest absolute Gasteiger partial charge is 0.203 e. The van der Waals surface area contributed by atoms with Gasteiger partial charge in [0.15, 0.2) is 0 Å². The molecule has 3 rings (SSSR count). The number of anilines is 1. The Morgan fingerprint density at radius 3 is 3.00 bits per heavy atom. The Balaban J connectivity index is 2.07. The second-order valence-electron chi connectivity index (χ2n) is 3.81. The molecule has 0 spiro atoms. The first-order valence-corrected chi connectivity index (χ1v) is 5.10. The van der Waals surface area contributed by atoms with Gasteiger partial charge < -0.3 is 10.3 Å². The molecule has 0 amide bonds. The van der Waals surface area contributed by atoms with E-state index in [1.165, 1.54) is 0 Å². The summed E-state index contributed by atoms with van der Waals surface area (Å²) in [5.41, 5.74) is 8.68. The van der Waals surface area contributed by atoms with Crippen LogP contribution in [0, 0.1) is 6.92 Å². The average Bonchev–Trinajstić information content (AvgIpc) is 2.87.